The number of fused-ring (bicyclic) bond motifs is 1. The molecule has 0 aliphatic carbocycles. The van der Waals surface area contributed by atoms with E-state index in [4.69, 9.17) is 0 Å². The quantitative estimate of drug-likeness (QED) is 0.672. The summed E-state index contributed by atoms with van der Waals surface area (Å²) in [6.45, 7) is 0.748. The van der Waals surface area contributed by atoms with Gasteiger partial charge in [0.25, 0.3) is 0 Å². The summed E-state index contributed by atoms with van der Waals surface area (Å²) in [7, 11) is 0. The van der Waals surface area contributed by atoms with Gasteiger partial charge < -0.3 is 0 Å². The molecule has 134 valence electrons. The van der Waals surface area contributed by atoms with Gasteiger partial charge in [-0.3, -0.25) is 4.90 Å². The van der Waals surface area contributed by atoms with Crippen molar-refractivity contribution in [2.45, 2.75) is 19.1 Å². The summed E-state index contributed by atoms with van der Waals surface area (Å²) in [4.78, 5) is 1.70. The lowest BCUT2D eigenvalue weighted by molar-refractivity contribution is 0.158. The van der Waals surface area contributed by atoms with Gasteiger partial charge in [-0.15, -0.1) is 5.10 Å². The van der Waals surface area contributed by atoms with Crippen molar-refractivity contribution in [3.8, 4) is 0 Å². The van der Waals surface area contributed by atoms with E-state index >= 15 is 0 Å². The Morgan fingerprint density at radius 2 is 1.65 bits per heavy atom. The zero-order valence-corrected chi connectivity index (χ0v) is 13.4. The van der Waals surface area contributed by atoms with Crippen molar-refractivity contribution in [1.29, 1.82) is 0 Å². The van der Waals surface area contributed by atoms with Crippen LogP contribution in [-0.4, -0.2) is 31.7 Å². The second-order valence-corrected chi connectivity index (χ2v) is 5.99. The monoisotopic (exact) mass is 363 g/mol. The summed E-state index contributed by atoms with van der Waals surface area (Å²) in [5, 5.41) is 11.3. The average Bonchev–Trinajstić information content (AvgIpc) is 3.10. The van der Waals surface area contributed by atoms with E-state index < -0.39 is 29.3 Å². The zero-order chi connectivity index (χ0) is 18.3. The Balaban J connectivity index is 1.78. The minimum atomic E-state index is -1.02. The maximum Gasteiger partial charge on any atom is 0.173 e. The molecule has 4 rings (SSSR count). The van der Waals surface area contributed by atoms with Crippen molar-refractivity contribution in [3.05, 3.63) is 76.6 Å². The van der Waals surface area contributed by atoms with Crippen molar-refractivity contribution >= 4 is 0 Å². The highest BCUT2D eigenvalue weighted by Crippen LogP contribution is 2.33. The first kappa shape index (κ1) is 16.6. The van der Waals surface area contributed by atoms with Crippen LogP contribution in [0.3, 0.4) is 0 Å². The van der Waals surface area contributed by atoms with Crippen molar-refractivity contribution in [2.24, 2.45) is 0 Å². The lowest BCUT2D eigenvalue weighted by atomic mass is 10.0. The fraction of sp³-hybridized carbons (Fsp3) is 0.235. The maximum atomic E-state index is 14.4. The first-order valence-electron chi connectivity index (χ1n) is 7.93. The van der Waals surface area contributed by atoms with E-state index in [0.717, 1.165) is 12.1 Å². The number of hydrogen-bond acceptors (Lipinski definition) is 4. The van der Waals surface area contributed by atoms with E-state index in [1.165, 1.54) is 28.9 Å². The van der Waals surface area contributed by atoms with Crippen LogP contribution >= 0.6 is 0 Å². The first-order chi connectivity index (χ1) is 12.6. The largest absolute Gasteiger partial charge is 0.283 e. The molecular formula is C17H13F4N5. The summed E-state index contributed by atoms with van der Waals surface area (Å²) < 4.78 is 57.3. The Hall–Kier alpha value is -2.81. The number of halogens is 4. The molecule has 5 nitrogen and oxygen atoms in total. The Bertz CT molecular complexity index is 958. The van der Waals surface area contributed by atoms with Gasteiger partial charge in [0.05, 0.1) is 6.54 Å². The van der Waals surface area contributed by atoms with Gasteiger partial charge >= 0.3 is 0 Å². The number of rotatable bonds is 3. The SMILES string of the molecule is Fc1cccc(CN2CCn3nnnc3C2c2cccc(F)c2F)c1F. The van der Waals surface area contributed by atoms with Crippen LogP contribution in [0.1, 0.15) is 23.0 Å². The minimum Gasteiger partial charge on any atom is -0.283 e. The third kappa shape index (κ3) is 2.74. The molecule has 0 fully saturated rings. The Morgan fingerprint density at radius 1 is 0.923 bits per heavy atom. The van der Waals surface area contributed by atoms with Crippen molar-refractivity contribution in [1.82, 2.24) is 25.1 Å². The van der Waals surface area contributed by atoms with Crippen LogP contribution in [0.2, 0.25) is 0 Å². The van der Waals surface area contributed by atoms with Crippen LogP contribution in [0.5, 0.6) is 0 Å². The molecular weight excluding hydrogens is 350 g/mol. The summed E-state index contributed by atoms with van der Waals surface area (Å²) in [5.41, 5.74) is 0.158. The van der Waals surface area contributed by atoms with E-state index in [9.17, 15) is 17.6 Å². The van der Waals surface area contributed by atoms with Gasteiger partial charge in [-0.2, -0.15) is 0 Å². The molecule has 2 aromatic carbocycles. The highest BCUT2D eigenvalue weighted by atomic mass is 19.2. The number of nitrogens with zero attached hydrogens (tertiary/aromatic N) is 5. The van der Waals surface area contributed by atoms with Crippen LogP contribution < -0.4 is 0 Å². The predicted molar refractivity (Wildman–Crippen MR) is 82.8 cm³/mol. The summed E-state index contributed by atoms with van der Waals surface area (Å²) in [5.74, 6) is -3.62. The second-order valence-electron chi connectivity index (χ2n) is 5.99. The topological polar surface area (TPSA) is 46.8 Å². The van der Waals surface area contributed by atoms with Gasteiger partial charge in [0.1, 0.15) is 6.04 Å². The van der Waals surface area contributed by atoms with Crippen LogP contribution in [0.4, 0.5) is 17.6 Å². The molecule has 0 saturated carbocycles. The lowest BCUT2D eigenvalue weighted by Gasteiger charge is -2.35. The van der Waals surface area contributed by atoms with E-state index in [-0.39, 0.29) is 17.7 Å². The zero-order valence-electron chi connectivity index (χ0n) is 13.4. The molecule has 1 aromatic heterocycles. The minimum absolute atomic E-state index is 0.00290. The summed E-state index contributed by atoms with van der Waals surface area (Å²) in [6, 6.07) is 6.89. The van der Waals surface area contributed by atoms with Crippen molar-refractivity contribution in [2.75, 3.05) is 6.54 Å². The second kappa shape index (κ2) is 6.49. The molecule has 2 heterocycles. The molecule has 0 N–H and O–H groups in total. The smallest absolute Gasteiger partial charge is 0.173 e. The molecule has 0 amide bonds. The molecule has 26 heavy (non-hydrogen) atoms. The number of hydrogen-bond donors (Lipinski definition) is 0. The van der Waals surface area contributed by atoms with Gasteiger partial charge in [-0.05, 0) is 22.6 Å². The highest BCUT2D eigenvalue weighted by molar-refractivity contribution is 5.29. The standard InChI is InChI=1S/C17H13F4N5/c18-12-5-1-3-10(14(12)20)9-25-7-8-26-17(22-23-24-26)16(25)11-4-2-6-13(19)15(11)21/h1-6,16H,7-9H2. The molecule has 0 spiro atoms. The van der Waals surface area contributed by atoms with Gasteiger partial charge in [-0.25, -0.2) is 22.2 Å². The van der Waals surface area contributed by atoms with E-state index in [2.05, 4.69) is 15.5 Å². The van der Waals surface area contributed by atoms with Gasteiger partial charge in [0, 0.05) is 24.2 Å². The van der Waals surface area contributed by atoms with Crippen LogP contribution in [0, 0.1) is 23.3 Å². The lowest BCUT2D eigenvalue weighted by Crippen LogP contribution is -2.39. The molecule has 1 atom stereocenters. The summed E-state index contributed by atoms with van der Waals surface area (Å²) in [6.07, 6.45) is 0. The molecule has 1 unspecified atom stereocenters. The first-order valence-corrected chi connectivity index (χ1v) is 7.93. The molecule has 1 aliphatic heterocycles. The number of tetrazole rings is 1. The van der Waals surface area contributed by atoms with E-state index in [1.54, 1.807) is 4.90 Å². The molecule has 0 radical (unpaired) electrons. The fourth-order valence-corrected chi connectivity index (χ4v) is 3.21. The van der Waals surface area contributed by atoms with Crippen LogP contribution in [-0.2, 0) is 13.1 Å². The van der Waals surface area contributed by atoms with E-state index in [1.807, 2.05) is 0 Å². The normalized spacial score (nSPS) is 17.3. The predicted octanol–water partition coefficient (Wildman–Crippen LogP) is 2.83. The molecule has 1 aliphatic rings. The highest BCUT2D eigenvalue weighted by Gasteiger charge is 2.34. The summed E-state index contributed by atoms with van der Waals surface area (Å²) >= 11 is 0. The fourth-order valence-electron chi connectivity index (χ4n) is 3.21. The average molecular weight is 363 g/mol. The third-order valence-electron chi connectivity index (χ3n) is 4.45. The van der Waals surface area contributed by atoms with Gasteiger partial charge in [0.2, 0.25) is 0 Å². The Kier molecular flexibility index (Phi) is 4.15. The third-order valence-corrected chi connectivity index (χ3v) is 4.45. The van der Waals surface area contributed by atoms with Crippen LogP contribution in [0.15, 0.2) is 36.4 Å². The van der Waals surface area contributed by atoms with Crippen LogP contribution in [0.25, 0.3) is 0 Å². The van der Waals surface area contributed by atoms with Gasteiger partial charge in [-0.1, -0.05) is 24.3 Å². The Morgan fingerprint density at radius 3 is 2.46 bits per heavy atom. The van der Waals surface area contributed by atoms with E-state index in [0.29, 0.717) is 18.9 Å². The molecule has 3 aromatic rings. The van der Waals surface area contributed by atoms with Crippen molar-refractivity contribution < 1.29 is 17.6 Å². The number of benzene rings is 2. The maximum absolute atomic E-state index is 14.4. The van der Waals surface area contributed by atoms with Gasteiger partial charge in [0.15, 0.2) is 29.1 Å². The number of aromatic nitrogens is 4. The molecule has 9 heteroatoms. The van der Waals surface area contributed by atoms with Crippen molar-refractivity contribution in [3.63, 3.8) is 0 Å². The Labute approximate surface area is 145 Å². The molecule has 0 saturated heterocycles. The molecule has 0 bridgehead atoms.